The molecule has 1 aromatic rings. The number of ketones is 2. The van der Waals surface area contributed by atoms with E-state index in [4.69, 9.17) is 11.6 Å². The lowest BCUT2D eigenvalue weighted by atomic mass is 10.1. The van der Waals surface area contributed by atoms with Gasteiger partial charge in [0.2, 0.25) is 0 Å². The van der Waals surface area contributed by atoms with Gasteiger partial charge < -0.3 is 0 Å². The zero-order chi connectivity index (χ0) is 8.72. The van der Waals surface area contributed by atoms with E-state index in [1.807, 2.05) is 0 Å². The number of hydrogen-bond donors (Lipinski definition) is 0. The molecule has 2 nitrogen and oxygen atoms in total. The van der Waals surface area contributed by atoms with E-state index in [2.05, 4.69) is 0 Å². The molecule has 2 rings (SSSR count). The Bertz CT molecular complexity index is 382. The molecular weight excluding hydrogens is 176 g/mol. The lowest BCUT2D eigenvalue weighted by Crippen LogP contribution is -1.90. The lowest BCUT2D eigenvalue weighted by Gasteiger charge is -1.94. The highest BCUT2D eigenvalue weighted by molar-refractivity contribution is 6.32. The molecule has 0 N–H and O–H groups in total. The van der Waals surface area contributed by atoms with E-state index in [0.29, 0.717) is 16.1 Å². The minimum Gasteiger partial charge on any atom is -0.294 e. The van der Waals surface area contributed by atoms with Gasteiger partial charge in [0, 0.05) is 16.1 Å². The van der Waals surface area contributed by atoms with Crippen molar-refractivity contribution >= 4 is 23.2 Å². The van der Waals surface area contributed by atoms with E-state index in [1.165, 1.54) is 0 Å². The molecular formula is C9H5ClO2. The van der Waals surface area contributed by atoms with Crippen molar-refractivity contribution in [3.05, 3.63) is 34.3 Å². The number of carbonyl (C=O) groups excluding carboxylic acids is 2. The van der Waals surface area contributed by atoms with Gasteiger partial charge in [-0.25, -0.2) is 0 Å². The Hall–Kier alpha value is -1.15. The Morgan fingerprint density at radius 2 is 1.75 bits per heavy atom. The van der Waals surface area contributed by atoms with Crippen LogP contribution in [0.2, 0.25) is 5.02 Å². The van der Waals surface area contributed by atoms with E-state index < -0.39 is 0 Å². The Labute approximate surface area is 74.1 Å². The van der Waals surface area contributed by atoms with Crippen LogP contribution in [0.1, 0.15) is 27.1 Å². The first kappa shape index (κ1) is 7.50. The second-order valence-corrected chi connectivity index (χ2v) is 3.15. The fourth-order valence-electron chi connectivity index (χ4n) is 1.33. The first-order valence-corrected chi connectivity index (χ1v) is 3.92. The molecule has 0 saturated heterocycles. The molecule has 0 saturated carbocycles. The lowest BCUT2D eigenvalue weighted by molar-refractivity contribution is 0.0923. The van der Waals surface area contributed by atoms with Crippen LogP contribution in [0.3, 0.4) is 0 Å². The van der Waals surface area contributed by atoms with Gasteiger partial charge in [-0.1, -0.05) is 11.6 Å². The second kappa shape index (κ2) is 2.42. The summed E-state index contributed by atoms with van der Waals surface area (Å²) in [4.78, 5) is 22.3. The molecule has 1 aliphatic carbocycles. The van der Waals surface area contributed by atoms with Crippen LogP contribution in [0.25, 0.3) is 0 Å². The fourth-order valence-corrected chi connectivity index (χ4v) is 1.50. The highest BCUT2D eigenvalue weighted by atomic mass is 35.5. The number of fused-ring (bicyclic) bond motifs is 1. The summed E-state index contributed by atoms with van der Waals surface area (Å²) >= 11 is 5.67. The Morgan fingerprint density at radius 1 is 1.08 bits per heavy atom. The highest BCUT2D eigenvalue weighted by Gasteiger charge is 2.26. The number of rotatable bonds is 0. The summed E-state index contributed by atoms with van der Waals surface area (Å²) in [6.45, 7) is 0. The van der Waals surface area contributed by atoms with Crippen LogP contribution in [0.15, 0.2) is 18.2 Å². The van der Waals surface area contributed by atoms with Crippen LogP contribution in [0.4, 0.5) is 0 Å². The number of Topliss-reactive ketones (excluding diaryl/α,β-unsaturated/α-hetero) is 2. The molecule has 0 aliphatic heterocycles. The molecule has 0 amide bonds. The maximum absolute atomic E-state index is 11.1. The van der Waals surface area contributed by atoms with E-state index in [-0.39, 0.29) is 18.0 Å². The zero-order valence-electron chi connectivity index (χ0n) is 6.13. The molecule has 0 unspecified atom stereocenters. The van der Waals surface area contributed by atoms with Crippen molar-refractivity contribution in [1.82, 2.24) is 0 Å². The SMILES string of the molecule is O=C1CC(=O)c2cc(Cl)ccc21. The van der Waals surface area contributed by atoms with Gasteiger partial charge in [-0.15, -0.1) is 0 Å². The van der Waals surface area contributed by atoms with Crippen molar-refractivity contribution in [1.29, 1.82) is 0 Å². The van der Waals surface area contributed by atoms with Crippen LogP contribution in [-0.4, -0.2) is 11.6 Å². The molecule has 12 heavy (non-hydrogen) atoms. The van der Waals surface area contributed by atoms with Gasteiger partial charge in [0.25, 0.3) is 0 Å². The number of halogens is 1. The molecule has 0 radical (unpaired) electrons. The number of carbonyl (C=O) groups is 2. The molecule has 0 fully saturated rings. The van der Waals surface area contributed by atoms with Crippen molar-refractivity contribution in [2.45, 2.75) is 6.42 Å². The quantitative estimate of drug-likeness (QED) is 0.573. The summed E-state index contributed by atoms with van der Waals surface area (Å²) in [5.74, 6) is -0.232. The van der Waals surface area contributed by atoms with Gasteiger partial charge in [-0.05, 0) is 18.2 Å². The summed E-state index contributed by atoms with van der Waals surface area (Å²) < 4.78 is 0. The minimum atomic E-state index is -0.127. The van der Waals surface area contributed by atoms with Crippen molar-refractivity contribution in [2.75, 3.05) is 0 Å². The van der Waals surface area contributed by atoms with Gasteiger partial charge in [0.05, 0.1) is 6.42 Å². The standard InChI is InChI=1S/C9H5ClO2/c10-5-1-2-6-7(3-5)9(12)4-8(6)11/h1-3H,4H2. The highest BCUT2D eigenvalue weighted by Crippen LogP contribution is 2.24. The third kappa shape index (κ3) is 0.959. The third-order valence-electron chi connectivity index (χ3n) is 1.90. The van der Waals surface area contributed by atoms with Crippen LogP contribution >= 0.6 is 11.6 Å². The first-order chi connectivity index (χ1) is 5.68. The van der Waals surface area contributed by atoms with Crippen LogP contribution < -0.4 is 0 Å². The van der Waals surface area contributed by atoms with Crippen molar-refractivity contribution in [3.8, 4) is 0 Å². The van der Waals surface area contributed by atoms with Gasteiger partial charge in [-0.2, -0.15) is 0 Å². The predicted molar refractivity (Wildman–Crippen MR) is 44.7 cm³/mol. The average molecular weight is 181 g/mol. The van der Waals surface area contributed by atoms with Crippen molar-refractivity contribution in [2.24, 2.45) is 0 Å². The summed E-state index contributed by atoms with van der Waals surface area (Å²) in [6, 6.07) is 4.77. The topological polar surface area (TPSA) is 34.1 Å². The van der Waals surface area contributed by atoms with E-state index in [1.54, 1.807) is 18.2 Å². The first-order valence-electron chi connectivity index (χ1n) is 3.54. The molecule has 0 heterocycles. The summed E-state index contributed by atoms with van der Waals surface area (Å²) in [7, 11) is 0. The normalized spacial score (nSPS) is 15.1. The van der Waals surface area contributed by atoms with E-state index >= 15 is 0 Å². The Kier molecular flexibility index (Phi) is 1.51. The van der Waals surface area contributed by atoms with E-state index in [0.717, 1.165) is 0 Å². The molecule has 0 spiro atoms. The summed E-state index contributed by atoms with van der Waals surface area (Å²) in [6.07, 6.45) is -0.00429. The average Bonchev–Trinajstić information content (AvgIpc) is 2.28. The largest absolute Gasteiger partial charge is 0.294 e. The Morgan fingerprint density at radius 3 is 2.50 bits per heavy atom. The second-order valence-electron chi connectivity index (χ2n) is 2.71. The molecule has 3 heteroatoms. The summed E-state index contributed by atoms with van der Waals surface area (Å²) in [5.41, 5.74) is 0.969. The molecule has 0 aromatic heterocycles. The van der Waals surface area contributed by atoms with Gasteiger partial charge in [0.15, 0.2) is 11.6 Å². The zero-order valence-corrected chi connectivity index (χ0v) is 6.89. The van der Waals surface area contributed by atoms with Crippen LogP contribution in [0.5, 0.6) is 0 Å². The fraction of sp³-hybridized carbons (Fsp3) is 0.111. The third-order valence-corrected chi connectivity index (χ3v) is 2.14. The smallest absolute Gasteiger partial charge is 0.171 e. The molecule has 60 valence electrons. The van der Waals surface area contributed by atoms with E-state index in [9.17, 15) is 9.59 Å². The summed E-state index contributed by atoms with van der Waals surface area (Å²) in [5, 5.41) is 0.497. The number of benzene rings is 1. The van der Waals surface area contributed by atoms with Gasteiger partial charge >= 0.3 is 0 Å². The van der Waals surface area contributed by atoms with Crippen molar-refractivity contribution < 1.29 is 9.59 Å². The maximum Gasteiger partial charge on any atom is 0.171 e. The minimum absolute atomic E-state index is 0.00429. The van der Waals surface area contributed by atoms with Gasteiger partial charge in [0.1, 0.15) is 0 Å². The molecule has 0 atom stereocenters. The van der Waals surface area contributed by atoms with Crippen molar-refractivity contribution in [3.63, 3.8) is 0 Å². The maximum atomic E-state index is 11.1. The monoisotopic (exact) mass is 180 g/mol. The number of hydrogen-bond acceptors (Lipinski definition) is 2. The predicted octanol–water partition coefficient (Wildman–Crippen LogP) is 2.11. The molecule has 0 bridgehead atoms. The van der Waals surface area contributed by atoms with Crippen LogP contribution in [0, 0.1) is 0 Å². The van der Waals surface area contributed by atoms with Gasteiger partial charge in [-0.3, -0.25) is 9.59 Å². The molecule has 1 aliphatic rings. The molecule has 1 aromatic carbocycles. The van der Waals surface area contributed by atoms with Crippen LogP contribution in [-0.2, 0) is 0 Å². The Balaban J connectivity index is 2.68.